The van der Waals surface area contributed by atoms with Crippen molar-refractivity contribution in [2.24, 2.45) is 0 Å². The number of nitrogens with one attached hydrogen (secondary N) is 1. The Kier molecular flexibility index (Phi) is 16.7. The van der Waals surface area contributed by atoms with Gasteiger partial charge in [-0.25, -0.2) is 14.4 Å². The van der Waals surface area contributed by atoms with Crippen LogP contribution in [0.3, 0.4) is 0 Å². The minimum Gasteiger partial charge on any atom is -0.494 e. The Morgan fingerprint density at radius 1 is 1.00 bits per heavy atom. The molecule has 0 radical (unpaired) electrons. The summed E-state index contributed by atoms with van der Waals surface area (Å²) in [6.45, 7) is 9.57. The number of carboxylic acid groups (broad SMARTS) is 2. The number of piperidine rings is 1. The summed E-state index contributed by atoms with van der Waals surface area (Å²) in [6, 6.07) is 7.39. The lowest BCUT2D eigenvalue weighted by Crippen LogP contribution is -2.41. The molecular weight excluding hydrogens is 472 g/mol. The second kappa shape index (κ2) is 19.3. The Morgan fingerprint density at radius 3 is 2.33 bits per heavy atom. The van der Waals surface area contributed by atoms with Gasteiger partial charge in [0, 0.05) is 24.9 Å². The van der Waals surface area contributed by atoms with Gasteiger partial charge in [-0.1, -0.05) is 25.8 Å². The van der Waals surface area contributed by atoms with E-state index >= 15 is 0 Å². The van der Waals surface area contributed by atoms with E-state index < -0.39 is 18.0 Å². The zero-order valence-corrected chi connectivity index (χ0v) is 21.3. The molecule has 0 aromatic heterocycles. The van der Waals surface area contributed by atoms with E-state index in [-0.39, 0.29) is 6.10 Å². The fourth-order valence-corrected chi connectivity index (χ4v) is 3.33. The van der Waals surface area contributed by atoms with Crippen LogP contribution in [-0.2, 0) is 23.8 Å². The number of benzene rings is 1. The first-order valence-corrected chi connectivity index (χ1v) is 12.4. The summed E-state index contributed by atoms with van der Waals surface area (Å²) in [6.07, 6.45) is 4.93. The van der Waals surface area contributed by atoms with E-state index in [2.05, 4.69) is 17.1 Å². The molecule has 1 aliphatic heterocycles. The van der Waals surface area contributed by atoms with Crippen LogP contribution >= 0.6 is 0 Å². The maximum absolute atomic E-state index is 12.5. The molecule has 3 N–H and O–H groups in total. The molecule has 1 aromatic carbocycles. The summed E-state index contributed by atoms with van der Waals surface area (Å²) in [5, 5.41) is 17.6. The highest BCUT2D eigenvalue weighted by Gasteiger charge is 2.20. The van der Waals surface area contributed by atoms with Gasteiger partial charge in [0.25, 0.3) is 0 Å². The minimum atomic E-state index is -1.82. The van der Waals surface area contributed by atoms with E-state index in [1.807, 2.05) is 31.2 Å². The highest BCUT2D eigenvalue weighted by atomic mass is 16.6. The van der Waals surface area contributed by atoms with Gasteiger partial charge < -0.3 is 29.2 Å². The van der Waals surface area contributed by atoms with Crippen molar-refractivity contribution < 1.29 is 43.5 Å². The van der Waals surface area contributed by atoms with Crippen LogP contribution in [-0.4, -0.2) is 91.9 Å². The van der Waals surface area contributed by atoms with Gasteiger partial charge in [0.1, 0.15) is 11.9 Å². The number of carboxylic acids is 2. The van der Waals surface area contributed by atoms with Crippen molar-refractivity contribution in [2.45, 2.75) is 52.1 Å². The van der Waals surface area contributed by atoms with Crippen molar-refractivity contribution in [2.75, 3.05) is 58.0 Å². The zero-order chi connectivity index (χ0) is 26.6. The van der Waals surface area contributed by atoms with Crippen molar-refractivity contribution in [3.05, 3.63) is 24.3 Å². The Morgan fingerprint density at radius 2 is 1.69 bits per heavy atom. The second-order valence-electron chi connectivity index (χ2n) is 8.13. The number of hydrogen-bond donors (Lipinski definition) is 3. The van der Waals surface area contributed by atoms with Crippen molar-refractivity contribution in [3.63, 3.8) is 0 Å². The van der Waals surface area contributed by atoms with E-state index in [1.165, 1.54) is 19.3 Å². The van der Waals surface area contributed by atoms with Crippen LogP contribution in [0, 0.1) is 0 Å². The molecule has 204 valence electrons. The SMILES string of the molecule is CCCCOc1cccc(NC(=O)OC(COCCOCC)CN2CCCCC2)c1.O=C(O)C(=O)O. The lowest BCUT2D eigenvalue weighted by atomic mass is 10.1. The minimum absolute atomic E-state index is 0.325. The molecular formula is C25H40N2O9. The number of amides is 1. The van der Waals surface area contributed by atoms with Gasteiger partial charge in [0.05, 0.1) is 26.4 Å². The molecule has 1 saturated heterocycles. The number of hydrogen-bond acceptors (Lipinski definition) is 8. The first-order chi connectivity index (χ1) is 17.3. The number of unbranched alkanes of at least 4 members (excludes halogenated alkanes) is 1. The summed E-state index contributed by atoms with van der Waals surface area (Å²) >= 11 is 0. The molecule has 0 spiro atoms. The monoisotopic (exact) mass is 512 g/mol. The van der Waals surface area contributed by atoms with Gasteiger partial charge in [-0.3, -0.25) is 10.2 Å². The smallest absolute Gasteiger partial charge is 0.414 e. The number of ether oxygens (including phenoxy) is 4. The van der Waals surface area contributed by atoms with Crippen LogP contribution in [0.4, 0.5) is 10.5 Å². The Labute approximate surface area is 212 Å². The molecule has 11 heteroatoms. The van der Waals surface area contributed by atoms with Crippen molar-refractivity contribution >= 4 is 23.7 Å². The number of likely N-dealkylation sites (tertiary alicyclic amines) is 1. The number of rotatable bonds is 14. The molecule has 1 amide bonds. The third-order valence-electron chi connectivity index (χ3n) is 5.09. The number of carbonyl (C=O) groups excluding carboxylic acids is 1. The molecule has 1 aliphatic rings. The number of anilines is 1. The summed E-state index contributed by atoms with van der Waals surface area (Å²) < 4.78 is 22.4. The van der Waals surface area contributed by atoms with Crippen LogP contribution < -0.4 is 10.1 Å². The van der Waals surface area contributed by atoms with Crippen LogP contribution in [0.5, 0.6) is 5.75 Å². The van der Waals surface area contributed by atoms with Gasteiger partial charge in [-0.2, -0.15) is 0 Å². The molecule has 36 heavy (non-hydrogen) atoms. The van der Waals surface area contributed by atoms with Gasteiger partial charge >= 0.3 is 18.0 Å². The van der Waals surface area contributed by atoms with E-state index in [1.54, 1.807) is 0 Å². The van der Waals surface area contributed by atoms with Gasteiger partial charge in [0.2, 0.25) is 0 Å². The van der Waals surface area contributed by atoms with Crippen LogP contribution in [0.15, 0.2) is 24.3 Å². The number of nitrogens with zero attached hydrogens (tertiary/aromatic N) is 1. The fraction of sp³-hybridized carbons (Fsp3) is 0.640. The molecule has 1 aromatic rings. The van der Waals surface area contributed by atoms with Crippen molar-refractivity contribution in [1.29, 1.82) is 0 Å². The van der Waals surface area contributed by atoms with Crippen LogP contribution in [0.25, 0.3) is 0 Å². The normalized spacial score (nSPS) is 14.2. The molecule has 1 heterocycles. The third-order valence-corrected chi connectivity index (χ3v) is 5.09. The lowest BCUT2D eigenvalue weighted by molar-refractivity contribution is -0.159. The van der Waals surface area contributed by atoms with Crippen molar-refractivity contribution in [1.82, 2.24) is 4.90 Å². The van der Waals surface area contributed by atoms with E-state index in [0.717, 1.165) is 31.7 Å². The predicted octanol–water partition coefficient (Wildman–Crippen LogP) is 3.48. The van der Waals surface area contributed by atoms with Crippen LogP contribution in [0.2, 0.25) is 0 Å². The quantitative estimate of drug-likeness (QED) is 0.250. The van der Waals surface area contributed by atoms with Crippen molar-refractivity contribution in [3.8, 4) is 5.75 Å². The first kappa shape index (κ1) is 31.1. The lowest BCUT2D eigenvalue weighted by Gasteiger charge is -2.30. The van der Waals surface area contributed by atoms with Crippen LogP contribution in [0.1, 0.15) is 46.0 Å². The highest BCUT2D eigenvalue weighted by Crippen LogP contribution is 2.18. The molecule has 0 aliphatic carbocycles. The molecule has 0 saturated carbocycles. The second-order valence-corrected chi connectivity index (χ2v) is 8.13. The van der Waals surface area contributed by atoms with Gasteiger partial charge in [0.15, 0.2) is 0 Å². The van der Waals surface area contributed by atoms with E-state index in [4.69, 9.17) is 38.7 Å². The predicted molar refractivity (Wildman–Crippen MR) is 134 cm³/mol. The molecule has 1 atom stereocenters. The molecule has 0 bridgehead atoms. The summed E-state index contributed by atoms with van der Waals surface area (Å²) in [4.78, 5) is 33.0. The van der Waals surface area contributed by atoms with E-state index in [9.17, 15) is 4.79 Å². The summed E-state index contributed by atoms with van der Waals surface area (Å²) in [5.41, 5.74) is 0.656. The molecule has 11 nitrogen and oxygen atoms in total. The fourth-order valence-electron chi connectivity index (χ4n) is 3.33. The maximum atomic E-state index is 12.5. The highest BCUT2D eigenvalue weighted by molar-refractivity contribution is 6.27. The van der Waals surface area contributed by atoms with E-state index in [0.29, 0.717) is 45.3 Å². The summed E-state index contributed by atoms with van der Waals surface area (Å²) in [7, 11) is 0. The number of carbonyl (C=O) groups is 3. The Hall–Kier alpha value is -2.89. The average Bonchev–Trinajstić information content (AvgIpc) is 2.85. The molecule has 1 unspecified atom stereocenters. The maximum Gasteiger partial charge on any atom is 0.414 e. The Bertz CT molecular complexity index is 758. The standard InChI is InChI=1S/C23H38N2O5.C2H2O4/c1-3-5-14-29-21-11-9-10-20(17-21)24-23(26)30-22(19-28-16-15-27-4-2)18-25-12-7-6-8-13-25;3-1(4)2(5)6/h9-11,17,22H,3-8,12-16,18-19H2,1-2H3,(H,24,26);(H,3,4)(H,5,6). The Balaban J connectivity index is 0.000000960. The number of aliphatic carboxylic acids is 2. The van der Waals surface area contributed by atoms with Gasteiger partial charge in [-0.15, -0.1) is 0 Å². The van der Waals surface area contributed by atoms with Gasteiger partial charge in [-0.05, 0) is 51.4 Å². The average molecular weight is 513 g/mol. The molecule has 1 fully saturated rings. The third kappa shape index (κ3) is 15.2. The summed E-state index contributed by atoms with van der Waals surface area (Å²) in [5.74, 6) is -2.91. The largest absolute Gasteiger partial charge is 0.494 e. The first-order valence-electron chi connectivity index (χ1n) is 12.4. The zero-order valence-electron chi connectivity index (χ0n) is 21.3. The topological polar surface area (TPSA) is 144 Å². The molecule has 2 rings (SSSR count).